The van der Waals surface area contributed by atoms with Crippen molar-refractivity contribution < 1.29 is 9.18 Å². The molecule has 0 bridgehead atoms. The lowest BCUT2D eigenvalue weighted by molar-refractivity contribution is -0.130. The number of hydrogen-bond acceptors (Lipinski definition) is 2. The minimum Gasteiger partial charge on any atom is -0.340 e. The number of amides is 1. The molecule has 1 amide bonds. The van der Waals surface area contributed by atoms with Gasteiger partial charge in [0.05, 0.1) is 0 Å². The SMILES string of the molecule is CC(=O)N1CCN(CCc2ccc(F)cc2)CC1. The zero-order valence-electron chi connectivity index (χ0n) is 10.7. The van der Waals surface area contributed by atoms with E-state index in [1.165, 1.54) is 12.1 Å². The van der Waals surface area contributed by atoms with Crippen molar-refractivity contribution in [2.24, 2.45) is 0 Å². The Hall–Kier alpha value is -1.42. The van der Waals surface area contributed by atoms with Crippen LogP contribution in [0.1, 0.15) is 12.5 Å². The highest BCUT2D eigenvalue weighted by Gasteiger charge is 2.17. The highest BCUT2D eigenvalue weighted by molar-refractivity contribution is 5.73. The van der Waals surface area contributed by atoms with Gasteiger partial charge in [-0.05, 0) is 24.1 Å². The Morgan fingerprint density at radius 2 is 1.78 bits per heavy atom. The van der Waals surface area contributed by atoms with E-state index < -0.39 is 0 Å². The Labute approximate surface area is 107 Å². The van der Waals surface area contributed by atoms with Crippen molar-refractivity contribution in [2.75, 3.05) is 32.7 Å². The van der Waals surface area contributed by atoms with Gasteiger partial charge in [0.25, 0.3) is 0 Å². The minimum atomic E-state index is -0.186. The molecule has 0 aromatic heterocycles. The van der Waals surface area contributed by atoms with Gasteiger partial charge in [0.15, 0.2) is 0 Å². The van der Waals surface area contributed by atoms with E-state index in [1.807, 2.05) is 17.0 Å². The van der Waals surface area contributed by atoms with Crippen molar-refractivity contribution >= 4 is 5.91 Å². The number of hydrogen-bond donors (Lipinski definition) is 0. The van der Waals surface area contributed by atoms with E-state index in [0.717, 1.165) is 44.7 Å². The first-order valence-electron chi connectivity index (χ1n) is 6.37. The van der Waals surface area contributed by atoms with Crippen LogP contribution in [0.15, 0.2) is 24.3 Å². The van der Waals surface area contributed by atoms with Gasteiger partial charge in [-0.25, -0.2) is 4.39 Å². The zero-order chi connectivity index (χ0) is 13.0. The van der Waals surface area contributed by atoms with Gasteiger partial charge in [-0.3, -0.25) is 9.69 Å². The van der Waals surface area contributed by atoms with Crippen LogP contribution in [0.25, 0.3) is 0 Å². The molecule has 4 heteroatoms. The fraction of sp³-hybridized carbons (Fsp3) is 0.500. The summed E-state index contributed by atoms with van der Waals surface area (Å²) < 4.78 is 12.8. The van der Waals surface area contributed by atoms with E-state index in [-0.39, 0.29) is 11.7 Å². The Morgan fingerprint density at radius 1 is 1.17 bits per heavy atom. The molecule has 98 valence electrons. The van der Waals surface area contributed by atoms with Crippen molar-refractivity contribution in [1.29, 1.82) is 0 Å². The van der Waals surface area contributed by atoms with E-state index in [1.54, 1.807) is 6.92 Å². The van der Waals surface area contributed by atoms with Crippen molar-refractivity contribution in [3.05, 3.63) is 35.6 Å². The fourth-order valence-corrected chi connectivity index (χ4v) is 2.22. The van der Waals surface area contributed by atoms with Crippen LogP contribution in [0.4, 0.5) is 4.39 Å². The van der Waals surface area contributed by atoms with Crippen LogP contribution in [0.3, 0.4) is 0 Å². The Balaban J connectivity index is 1.75. The van der Waals surface area contributed by atoms with Crippen LogP contribution in [0.5, 0.6) is 0 Å². The normalized spacial score (nSPS) is 16.9. The summed E-state index contributed by atoms with van der Waals surface area (Å²) in [5.41, 5.74) is 1.16. The summed E-state index contributed by atoms with van der Waals surface area (Å²) in [5, 5.41) is 0. The maximum absolute atomic E-state index is 12.8. The zero-order valence-corrected chi connectivity index (χ0v) is 10.7. The summed E-state index contributed by atoms with van der Waals surface area (Å²) in [4.78, 5) is 15.4. The van der Waals surface area contributed by atoms with Gasteiger partial charge >= 0.3 is 0 Å². The number of carbonyl (C=O) groups is 1. The van der Waals surface area contributed by atoms with Gasteiger partial charge in [-0.1, -0.05) is 12.1 Å². The largest absolute Gasteiger partial charge is 0.340 e. The molecule has 1 aliphatic heterocycles. The maximum atomic E-state index is 12.8. The van der Waals surface area contributed by atoms with Crippen molar-refractivity contribution in [3.8, 4) is 0 Å². The van der Waals surface area contributed by atoms with Gasteiger partial charge < -0.3 is 4.90 Å². The molecule has 1 aromatic rings. The Bertz CT molecular complexity index is 397. The first-order valence-corrected chi connectivity index (χ1v) is 6.37. The van der Waals surface area contributed by atoms with E-state index in [9.17, 15) is 9.18 Å². The lowest BCUT2D eigenvalue weighted by Gasteiger charge is -2.34. The summed E-state index contributed by atoms with van der Waals surface area (Å²) >= 11 is 0. The summed E-state index contributed by atoms with van der Waals surface area (Å²) in [6.07, 6.45) is 0.931. The van der Waals surface area contributed by atoms with Crippen LogP contribution < -0.4 is 0 Å². The van der Waals surface area contributed by atoms with E-state index >= 15 is 0 Å². The third-order valence-electron chi connectivity index (χ3n) is 3.45. The third-order valence-corrected chi connectivity index (χ3v) is 3.45. The second-order valence-electron chi connectivity index (χ2n) is 4.72. The van der Waals surface area contributed by atoms with Crippen LogP contribution >= 0.6 is 0 Å². The molecule has 18 heavy (non-hydrogen) atoms. The van der Waals surface area contributed by atoms with Crippen LogP contribution in [-0.4, -0.2) is 48.4 Å². The molecule has 1 fully saturated rings. The third kappa shape index (κ3) is 3.53. The molecule has 0 radical (unpaired) electrons. The number of nitrogens with zero attached hydrogens (tertiary/aromatic N) is 2. The van der Waals surface area contributed by atoms with Gasteiger partial charge in [0, 0.05) is 39.6 Å². The van der Waals surface area contributed by atoms with Crippen LogP contribution in [0.2, 0.25) is 0 Å². The topological polar surface area (TPSA) is 23.6 Å². The fourth-order valence-electron chi connectivity index (χ4n) is 2.22. The molecule has 1 heterocycles. The summed E-state index contributed by atoms with van der Waals surface area (Å²) in [6.45, 7) is 6.09. The minimum absolute atomic E-state index is 0.160. The maximum Gasteiger partial charge on any atom is 0.219 e. The second kappa shape index (κ2) is 5.96. The lowest BCUT2D eigenvalue weighted by atomic mass is 10.1. The molecule has 0 spiro atoms. The van der Waals surface area contributed by atoms with E-state index in [0.29, 0.717) is 0 Å². The number of rotatable bonds is 3. The van der Waals surface area contributed by atoms with Crippen molar-refractivity contribution in [2.45, 2.75) is 13.3 Å². The molecule has 0 aliphatic carbocycles. The summed E-state index contributed by atoms with van der Waals surface area (Å²) in [5.74, 6) is -0.0259. The van der Waals surface area contributed by atoms with Crippen LogP contribution in [0, 0.1) is 5.82 Å². The molecule has 0 unspecified atom stereocenters. The molecule has 2 rings (SSSR count). The second-order valence-corrected chi connectivity index (χ2v) is 4.72. The number of benzene rings is 1. The monoisotopic (exact) mass is 250 g/mol. The highest BCUT2D eigenvalue weighted by atomic mass is 19.1. The van der Waals surface area contributed by atoms with Gasteiger partial charge in [0.2, 0.25) is 5.91 Å². The highest BCUT2D eigenvalue weighted by Crippen LogP contribution is 2.07. The lowest BCUT2D eigenvalue weighted by Crippen LogP contribution is -2.48. The summed E-state index contributed by atoms with van der Waals surface area (Å²) in [6, 6.07) is 6.67. The predicted molar refractivity (Wildman–Crippen MR) is 68.8 cm³/mol. The quantitative estimate of drug-likeness (QED) is 0.812. The van der Waals surface area contributed by atoms with Crippen molar-refractivity contribution in [3.63, 3.8) is 0 Å². The first kappa shape index (κ1) is 13.0. The number of carbonyl (C=O) groups excluding carboxylic acids is 1. The van der Waals surface area contributed by atoms with Crippen molar-refractivity contribution in [1.82, 2.24) is 9.80 Å². The molecule has 0 atom stereocenters. The van der Waals surface area contributed by atoms with Crippen LogP contribution in [-0.2, 0) is 11.2 Å². The Morgan fingerprint density at radius 3 is 2.33 bits per heavy atom. The number of halogens is 1. The van der Waals surface area contributed by atoms with Gasteiger partial charge in [-0.2, -0.15) is 0 Å². The van der Waals surface area contributed by atoms with Gasteiger partial charge in [-0.15, -0.1) is 0 Å². The summed E-state index contributed by atoms with van der Waals surface area (Å²) in [7, 11) is 0. The average molecular weight is 250 g/mol. The predicted octanol–water partition coefficient (Wildman–Crippen LogP) is 1.53. The molecule has 3 nitrogen and oxygen atoms in total. The Kier molecular flexibility index (Phi) is 4.31. The van der Waals surface area contributed by atoms with E-state index in [4.69, 9.17) is 0 Å². The smallest absolute Gasteiger partial charge is 0.219 e. The molecular formula is C14H19FN2O. The molecule has 1 aromatic carbocycles. The van der Waals surface area contributed by atoms with E-state index in [2.05, 4.69) is 4.90 Å². The molecule has 0 N–H and O–H groups in total. The van der Waals surface area contributed by atoms with Gasteiger partial charge in [0.1, 0.15) is 5.82 Å². The average Bonchev–Trinajstić information content (AvgIpc) is 2.38. The molecule has 1 aliphatic rings. The number of piperazine rings is 1. The molecular weight excluding hydrogens is 231 g/mol. The standard InChI is InChI=1S/C14H19FN2O/c1-12(18)17-10-8-16(9-11-17)7-6-13-2-4-14(15)5-3-13/h2-5H,6-11H2,1H3. The molecule has 0 saturated carbocycles. The first-order chi connectivity index (χ1) is 8.65. The molecule has 1 saturated heterocycles.